The van der Waals surface area contributed by atoms with Crippen LogP contribution in [0.2, 0.25) is 0 Å². The van der Waals surface area contributed by atoms with Crippen molar-refractivity contribution in [1.82, 2.24) is 5.32 Å². The minimum atomic E-state index is -0.337. The lowest BCUT2D eigenvalue weighted by molar-refractivity contribution is 0.0935. The maximum Gasteiger partial charge on any atom is 0.291 e. The average molecular weight is 382 g/mol. The van der Waals surface area contributed by atoms with Gasteiger partial charge in [-0.15, -0.1) is 11.3 Å². The van der Waals surface area contributed by atoms with E-state index in [0.717, 1.165) is 12.0 Å². The number of thiophene rings is 1. The number of hydrogen-bond acceptors (Lipinski definition) is 4. The third-order valence-corrected chi connectivity index (χ3v) is 5.03. The second kappa shape index (κ2) is 8.68. The predicted octanol–water partition coefficient (Wildman–Crippen LogP) is 5.11. The lowest BCUT2D eigenvalue weighted by Gasteiger charge is -2.20. The molecule has 0 saturated heterocycles. The zero-order valence-corrected chi connectivity index (χ0v) is 16.1. The molecule has 0 aliphatic heterocycles. The van der Waals surface area contributed by atoms with Crippen molar-refractivity contribution in [2.24, 2.45) is 5.92 Å². The number of anilines is 1. The van der Waals surface area contributed by atoms with Gasteiger partial charge in [0, 0.05) is 0 Å². The molecule has 1 unspecified atom stereocenters. The molecule has 0 bridgehead atoms. The van der Waals surface area contributed by atoms with Gasteiger partial charge in [0.25, 0.3) is 11.8 Å². The molecular formula is C21H22N2O3S. The minimum absolute atomic E-state index is 0.0537. The Morgan fingerprint density at radius 3 is 2.44 bits per heavy atom. The summed E-state index contributed by atoms with van der Waals surface area (Å²) in [5.74, 6) is 0.196. The predicted molar refractivity (Wildman–Crippen MR) is 107 cm³/mol. The summed E-state index contributed by atoms with van der Waals surface area (Å²) in [5, 5.41) is 6.46. The molecule has 0 aliphatic rings. The van der Waals surface area contributed by atoms with Crippen molar-refractivity contribution in [3.05, 3.63) is 77.1 Å². The molecule has 0 fully saturated rings. The summed E-state index contributed by atoms with van der Waals surface area (Å²) in [6.45, 7) is 4.27. The smallest absolute Gasteiger partial charge is 0.291 e. The highest BCUT2D eigenvalue weighted by molar-refractivity contribution is 7.18. The zero-order chi connectivity index (χ0) is 19.2. The molecule has 0 radical (unpaired) electrons. The van der Waals surface area contributed by atoms with E-state index in [2.05, 4.69) is 24.5 Å². The molecule has 5 nitrogen and oxygen atoms in total. The van der Waals surface area contributed by atoms with Gasteiger partial charge in [-0.2, -0.15) is 0 Å². The van der Waals surface area contributed by atoms with Crippen LogP contribution in [0.15, 0.2) is 65.3 Å². The van der Waals surface area contributed by atoms with E-state index in [0.29, 0.717) is 15.8 Å². The highest BCUT2D eigenvalue weighted by Crippen LogP contribution is 2.25. The van der Waals surface area contributed by atoms with Gasteiger partial charge in [0.05, 0.1) is 22.2 Å². The van der Waals surface area contributed by atoms with Gasteiger partial charge in [-0.1, -0.05) is 44.2 Å². The molecule has 6 heteroatoms. The normalized spacial score (nSPS) is 12.0. The van der Waals surface area contributed by atoms with Crippen molar-refractivity contribution >= 4 is 28.2 Å². The SMILES string of the molecule is CC(C)CC(NC(=O)c1ccc(NC(=O)c2ccco2)s1)c1ccccc1. The van der Waals surface area contributed by atoms with E-state index in [9.17, 15) is 9.59 Å². The highest BCUT2D eigenvalue weighted by atomic mass is 32.1. The van der Waals surface area contributed by atoms with Gasteiger partial charge in [0.1, 0.15) is 0 Å². The number of hydrogen-bond donors (Lipinski definition) is 2. The molecule has 0 aliphatic carbocycles. The fourth-order valence-corrected chi connectivity index (χ4v) is 3.58. The number of furan rings is 1. The van der Waals surface area contributed by atoms with E-state index < -0.39 is 0 Å². The molecule has 0 saturated carbocycles. The maximum atomic E-state index is 12.7. The van der Waals surface area contributed by atoms with Gasteiger partial charge in [-0.3, -0.25) is 9.59 Å². The van der Waals surface area contributed by atoms with Crippen LogP contribution in [0.5, 0.6) is 0 Å². The standard InChI is InChI=1S/C21H22N2O3S/c1-14(2)13-16(15-7-4-3-5-8-15)22-21(25)18-10-11-19(27-18)23-20(24)17-9-6-12-26-17/h3-12,14,16H,13H2,1-2H3,(H,22,25)(H,23,24). The third-order valence-electron chi connectivity index (χ3n) is 4.03. The lowest BCUT2D eigenvalue weighted by Crippen LogP contribution is -2.28. The fourth-order valence-electron chi connectivity index (χ4n) is 2.77. The van der Waals surface area contributed by atoms with Crippen molar-refractivity contribution in [2.75, 3.05) is 5.32 Å². The largest absolute Gasteiger partial charge is 0.459 e. The van der Waals surface area contributed by atoms with Crippen LogP contribution in [0.3, 0.4) is 0 Å². The van der Waals surface area contributed by atoms with E-state index >= 15 is 0 Å². The topological polar surface area (TPSA) is 71.3 Å². The highest BCUT2D eigenvalue weighted by Gasteiger charge is 2.19. The van der Waals surface area contributed by atoms with E-state index in [1.807, 2.05) is 30.3 Å². The van der Waals surface area contributed by atoms with E-state index in [-0.39, 0.29) is 23.6 Å². The Morgan fingerprint density at radius 2 is 1.78 bits per heavy atom. The summed E-state index contributed by atoms with van der Waals surface area (Å²) in [5.41, 5.74) is 1.09. The first kappa shape index (κ1) is 18.9. The summed E-state index contributed by atoms with van der Waals surface area (Å²) in [4.78, 5) is 25.3. The second-order valence-electron chi connectivity index (χ2n) is 6.66. The van der Waals surface area contributed by atoms with Crippen LogP contribution in [-0.4, -0.2) is 11.8 Å². The Kier molecular flexibility index (Phi) is 6.08. The van der Waals surface area contributed by atoms with Crippen molar-refractivity contribution in [3.63, 3.8) is 0 Å². The first-order chi connectivity index (χ1) is 13.0. The van der Waals surface area contributed by atoms with Gasteiger partial charge >= 0.3 is 0 Å². The monoisotopic (exact) mass is 382 g/mol. The van der Waals surface area contributed by atoms with E-state index in [1.54, 1.807) is 24.3 Å². The first-order valence-corrected chi connectivity index (χ1v) is 9.65. The van der Waals surface area contributed by atoms with Gasteiger partial charge < -0.3 is 15.1 Å². The molecule has 1 atom stereocenters. The Hall–Kier alpha value is -2.86. The number of amides is 2. The van der Waals surface area contributed by atoms with E-state index in [1.165, 1.54) is 17.6 Å². The molecule has 3 aromatic rings. The van der Waals surface area contributed by atoms with Gasteiger partial charge in [-0.05, 0) is 42.2 Å². The molecule has 1 aromatic carbocycles. The van der Waals surface area contributed by atoms with Crippen LogP contribution in [0.25, 0.3) is 0 Å². The number of rotatable bonds is 7. The lowest BCUT2D eigenvalue weighted by atomic mass is 9.97. The Labute approximate surface area is 162 Å². The Bertz CT molecular complexity index is 885. The van der Waals surface area contributed by atoms with Gasteiger partial charge in [-0.25, -0.2) is 0 Å². The average Bonchev–Trinajstić information content (AvgIpc) is 3.33. The molecule has 140 valence electrons. The van der Waals surface area contributed by atoms with Crippen molar-refractivity contribution < 1.29 is 14.0 Å². The van der Waals surface area contributed by atoms with Gasteiger partial charge in [0.15, 0.2) is 5.76 Å². The quantitative estimate of drug-likeness (QED) is 0.596. The first-order valence-electron chi connectivity index (χ1n) is 8.83. The zero-order valence-electron chi connectivity index (χ0n) is 15.3. The van der Waals surface area contributed by atoms with Crippen LogP contribution in [0.1, 0.15) is 52.1 Å². The number of carbonyl (C=O) groups is 2. The molecule has 3 rings (SSSR count). The second-order valence-corrected chi connectivity index (χ2v) is 7.75. The molecule has 2 aromatic heterocycles. The maximum absolute atomic E-state index is 12.7. The number of benzene rings is 1. The Morgan fingerprint density at radius 1 is 1.00 bits per heavy atom. The Balaban J connectivity index is 1.68. The molecule has 2 amide bonds. The van der Waals surface area contributed by atoms with Crippen LogP contribution < -0.4 is 10.6 Å². The van der Waals surface area contributed by atoms with Crippen LogP contribution in [-0.2, 0) is 0 Å². The third kappa shape index (κ3) is 5.08. The van der Waals surface area contributed by atoms with Crippen molar-refractivity contribution in [2.45, 2.75) is 26.3 Å². The number of carbonyl (C=O) groups excluding carboxylic acids is 2. The summed E-state index contributed by atoms with van der Waals surface area (Å²) >= 11 is 1.24. The number of nitrogens with one attached hydrogen (secondary N) is 2. The summed E-state index contributed by atoms with van der Waals surface area (Å²) in [6, 6.07) is 16.6. The molecular weight excluding hydrogens is 360 g/mol. The summed E-state index contributed by atoms with van der Waals surface area (Å²) in [7, 11) is 0. The van der Waals surface area contributed by atoms with Crippen molar-refractivity contribution in [1.29, 1.82) is 0 Å². The van der Waals surface area contributed by atoms with Gasteiger partial charge in [0.2, 0.25) is 0 Å². The summed E-state index contributed by atoms with van der Waals surface area (Å²) in [6.07, 6.45) is 2.30. The molecule has 27 heavy (non-hydrogen) atoms. The fraction of sp³-hybridized carbons (Fsp3) is 0.238. The molecule has 0 spiro atoms. The van der Waals surface area contributed by atoms with Crippen LogP contribution in [0.4, 0.5) is 5.00 Å². The minimum Gasteiger partial charge on any atom is -0.459 e. The molecule has 2 heterocycles. The summed E-state index contributed by atoms with van der Waals surface area (Å²) < 4.78 is 5.07. The van der Waals surface area contributed by atoms with Crippen LogP contribution >= 0.6 is 11.3 Å². The molecule has 2 N–H and O–H groups in total. The van der Waals surface area contributed by atoms with E-state index in [4.69, 9.17) is 4.42 Å². The van der Waals surface area contributed by atoms with Crippen LogP contribution in [0, 0.1) is 5.92 Å². The van der Waals surface area contributed by atoms with Crippen molar-refractivity contribution in [3.8, 4) is 0 Å².